The molecule has 3 heteroatoms. The first-order valence-corrected chi connectivity index (χ1v) is 3.85. The van der Waals surface area contributed by atoms with Crippen LogP contribution in [0.4, 0.5) is 0 Å². The third kappa shape index (κ3) is 1.68. The predicted molar refractivity (Wildman–Crippen MR) is 40.6 cm³/mol. The van der Waals surface area contributed by atoms with Gasteiger partial charge in [-0.05, 0) is 19.8 Å². The molecule has 3 nitrogen and oxygen atoms in total. The molecule has 3 atom stereocenters. The molecule has 1 aliphatic heterocycles. The topological polar surface area (TPSA) is 61.3 Å². The van der Waals surface area contributed by atoms with Crippen molar-refractivity contribution in [1.82, 2.24) is 0 Å². The highest BCUT2D eigenvalue weighted by atomic mass is 16.5. The molecule has 0 aliphatic carbocycles. The molecule has 4 N–H and O–H groups in total. The van der Waals surface area contributed by atoms with Gasteiger partial charge in [0, 0.05) is 12.6 Å². The van der Waals surface area contributed by atoms with Crippen molar-refractivity contribution < 1.29 is 4.74 Å². The van der Waals surface area contributed by atoms with E-state index in [0.717, 1.165) is 12.8 Å². The third-order valence-electron chi connectivity index (χ3n) is 2.01. The van der Waals surface area contributed by atoms with Crippen LogP contribution < -0.4 is 11.5 Å². The standard InChI is InChI=1S/C7H16N2O/c1-5-2-3-7(10-5)6(9)4-8/h5-7H,2-4,8-9H2,1H3. The van der Waals surface area contributed by atoms with Crippen LogP contribution in [0.1, 0.15) is 19.8 Å². The minimum absolute atomic E-state index is 0.0324. The zero-order valence-corrected chi connectivity index (χ0v) is 6.42. The second-order valence-electron chi connectivity index (χ2n) is 2.96. The van der Waals surface area contributed by atoms with E-state index < -0.39 is 0 Å². The second-order valence-corrected chi connectivity index (χ2v) is 2.96. The average molecular weight is 144 g/mol. The monoisotopic (exact) mass is 144 g/mol. The Morgan fingerprint density at radius 1 is 1.60 bits per heavy atom. The van der Waals surface area contributed by atoms with Crippen LogP contribution in [0.5, 0.6) is 0 Å². The Kier molecular flexibility index (Phi) is 2.65. The molecule has 1 heterocycles. The van der Waals surface area contributed by atoms with Gasteiger partial charge in [-0.3, -0.25) is 0 Å². The fraction of sp³-hybridized carbons (Fsp3) is 1.00. The van der Waals surface area contributed by atoms with Gasteiger partial charge in [0.1, 0.15) is 0 Å². The van der Waals surface area contributed by atoms with Gasteiger partial charge in [-0.2, -0.15) is 0 Å². The van der Waals surface area contributed by atoms with Gasteiger partial charge in [-0.25, -0.2) is 0 Å². The van der Waals surface area contributed by atoms with Crippen LogP contribution in [0, 0.1) is 0 Å². The summed E-state index contributed by atoms with van der Waals surface area (Å²) in [6.07, 6.45) is 2.78. The maximum Gasteiger partial charge on any atom is 0.0742 e. The van der Waals surface area contributed by atoms with E-state index in [0.29, 0.717) is 12.6 Å². The summed E-state index contributed by atoms with van der Waals surface area (Å²) >= 11 is 0. The molecule has 0 aromatic rings. The molecule has 3 unspecified atom stereocenters. The van der Waals surface area contributed by atoms with Crippen molar-refractivity contribution in [3.63, 3.8) is 0 Å². The summed E-state index contributed by atoms with van der Waals surface area (Å²) in [4.78, 5) is 0. The van der Waals surface area contributed by atoms with Gasteiger partial charge < -0.3 is 16.2 Å². The maximum absolute atomic E-state index is 5.69. The summed E-state index contributed by atoms with van der Waals surface area (Å²) in [6, 6.07) is 0.0324. The largest absolute Gasteiger partial charge is 0.374 e. The highest BCUT2D eigenvalue weighted by Gasteiger charge is 2.25. The Hall–Kier alpha value is -0.120. The van der Waals surface area contributed by atoms with Crippen molar-refractivity contribution in [3.05, 3.63) is 0 Å². The predicted octanol–water partition coefficient (Wildman–Crippen LogP) is -0.160. The maximum atomic E-state index is 5.69. The molecule has 0 saturated carbocycles. The Balaban J connectivity index is 2.29. The molecule has 1 saturated heterocycles. The Bertz CT molecular complexity index is 108. The summed E-state index contributed by atoms with van der Waals surface area (Å²) in [5.41, 5.74) is 11.1. The highest BCUT2D eigenvalue weighted by molar-refractivity contribution is 4.80. The van der Waals surface area contributed by atoms with Gasteiger partial charge in [-0.15, -0.1) is 0 Å². The quantitative estimate of drug-likeness (QED) is 0.566. The lowest BCUT2D eigenvalue weighted by Gasteiger charge is -2.16. The van der Waals surface area contributed by atoms with Gasteiger partial charge >= 0.3 is 0 Å². The number of hydrogen-bond donors (Lipinski definition) is 2. The first kappa shape index (κ1) is 7.98. The Morgan fingerprint density at radius 2 is 2.30 bits per heavy atom. The normalized spacial score (nSPS) is 36.3. The molecular formula is C7H16N2O. The van der Waals surface area contributed by atoms with Crippen LogP contribution >= 0.6 is 0 Å². The SMILES string of the molecule is CC1CCC(C(N)CN)O1. The fourth-order valence-corrected chi connectivity index (χ4v) is 1.30. The molecule has 1 fully saturated rings. The van der Waals surface area contributed by atoms with Gasteiger partial charge in [0.15, 0.2) is 0 Å². The fourth-order valence-electron chi connectivity index (χ4n) is 1.30. The summed E-state index contributed by atoms with van der Waals surface area (Å²) in [5, 5.41) is 0. The number of ether oxygens (including phenoxy) is 1. The van der Waals surface area contributed by atoms with Crippen molar-refractivity contribution in [3.8, 4) is 0 Å². The molecule has 10 heavy (non-hydrogen) atoms. The van der Waals surface area contributed by atoms with E-state index in [1.54, 1.807) is 0 Å². The summed E-state index contributed by atoms with van der Waals surface area (Å²) in [6.45, 7) is 2.60. The smallest absolute Gasteiger partial charge is 0.0742 e. The van der Waals surface area contributed by atoms with Gasteiger partial charge in [0.05, 0.1) is 12.2 Å². The first-order valence-electron chi connectivity index (χ1n) is 3.85. The molecule has 1 aliphatic rings. The number of hydrogen-bond acceptors (Lipinski definition) is 3. The zero-order valence-electron chi connectivity index (χ0n) is 6.42. The van der Waals surface area contributed by atoms with E-state index in [4.69, 9.17) is 16.2 Å². The first-order chi connectivity index (χ1) is 4.74. The lowest BCUT2D eigenvalue weighted by molar-refractivity contribution is 0.0421. The van der Waals surface area contributed by atoms with Gasteiger partial charge in [0.2, 0.25) is 0 Å². The van der Waals surface area contributed by atoms with Gasteiger partial charge in [-0.1, -0.05) is 0 Å². The molecule has 0 aromatic heterocycles. The van der Waals surface area contributed by atoms with Crippen molar-refractivity contribution in [1.29, 1.82) is 0 Å². The van der Waals surface area contributed by atoms with Crippen molar-refractivity contribution >= 4 is 0 Å². The van der Waals surface area contributed by atoms with Crippen LogP contribution in [-0.4, -0.2) is 24.8 Å². The lowest BCUT2D eigenvalue weighted by atomic mass is 10.1. The van der Waals surface area contributed by atoms with E-state index >= 15 is 0 Å². The van der Waals surface area contributed by atoms with Crippen molar-refractivity contribution in [2.24, 2.45) is 11.5 Å². The molecule has 1 rings (SSSR count). The molecular weight excluding hydrogens is 128 g/mol. The zero-order chi connectivity index (χ0) is 7.56. The summed E-state index contributed by atoms with van der Waals surface area (Å²) < 4.78 is 5.51. The minimum atomic E-state index is 0.0324. The molecule has 0 aromatic carbocycles. The van der Waals surface area contributed by atoms with Crippen LogP contribution in [-0.2, 0) is 4.74 Å². The highest BCUT2D eigenvalue weighted by Crippen LogP contribution is 2.20. The minimum Gasteiger partial charge on any atom is -0.374 e. The van der Waals surface area contributed by atoms with Crippen LogP contribution in [0.15, 0.2) is 0 Å². The lowest BCUT2D eigenvalue weighted by Crippen LogP contribution is -2.40. The molecule has 0 bridgehead atoms. The van der Waals surface area contributed by atoms with E-state index in [1.165, 1.54) is 0 Å². The van der Waals surface area contributed by atoms with E-state index in [9.17, 15) is 0 Å². The van der Waals surface area contributed by atoms with E-state index in [1.807, 2.05) is 0 Å². The Labute approximate surface area is 61.7 Å². The van der Waals surface area contributed by atoms with E-state index in [-0.39, 0.29) is 12.1 Å². The van der Waals surface area contributed by atoms with Crippen LogP contribution in [0.2, 0.25) is 0 Å². The summed E-state index contributed by atoms with van der Waals surface area (Å²) in [7, 11) is 0. The van der Waals surface area contributed by atoms with E-state index in [2.05, 4.69) is 6.92 Å². The van der Waals surface area contributed by atoms with Crippen LogP contribution in [0.25, 0.3) is 0 Å². The van der Waals surface area contributed by atoms with Crippen molar-refractivity contribution in [2.45, 2.75) is 38.0 Å². The summed E-state index contributed by atoms with van der Waals surface area (Å²) in [5.74, 6) is 0. The molecule has 0 amide bonds. The number of rotatable bonds is 2. The molecule has 60 valence electrons. The second kappa shape index (κ2) is 3.32. The van der Waals surface area contributed by atoms with Gasteiger partial charge in [0.25, 0.3) is 0 Å². The van der Waals surface area contributed by atoms with Crippen LogP contribution in [0.3, 0.4) is 0 Å². The molecule has 0 radical (unpaired) electrons. The molecule has 0 spiro atoms. The van der Waals surface area contributed by atoms with Crippen molar-refractivity contribution in [2.75, 3.05) is 6.54 Å². The average Bonchev–Trinajstić information content (AvgIpc) is 2.34. The Morgan fingerprint density at radius 3 is 2.70 bits per heavy atom. The third-order valence-corrected chi connectivity index (χ3v) is 2.01. The number of nitrogens with two attached hydrogens (primary N) is 2.